The van der Waals surface area contributed by atoms with Crippen LogP contribution in [0.15, 0.2) is 42.6 Å². The molecule has 1 atom stereocenters. The van der Waals surface area contributed by atoms with Crippen molar-refractivity contribution >= 4 is 23.4 Å². The van der Waals surface area contributed by atoms with Crippen LogP contribution in [0.2, 0.25) is 0 Å². The Hall–Kier alpha value is -3.17. The molecule has 0 bridgehead atoms. The number of amides is 2. The van der Waals surface area contributed by atoms with Crippen LogP contribution in [-0.4, -0.2) is 47.4 Å². The molecule has 0 aliphatic heterocycles. The van der Waals surface area contributed by atoms with Crippen molar-refractivity contribution in [1.82, 2.24) is 10.3 Å². The van der Waals surface area contributed by atoms with Crippen LogP contribution in [0.4, 0.5) is 16.3 Å². The number of nitrogen functional groups attached to an aromatic ring is 1. The van der Waals surface area contributed by atoms with Crippen LogP contribution in [0, 0.1) is 5.41 Å². The quantitative estimate of drug-likeness (QED) is 0.243. The summed E-state index contributed by atoms with van der Waals surface area (Å²) in [4.78, 5) is 16.6. The van der Waals surface area contributed by atoms with Gasteiger partial charge in [0.05, 0.1) is 23.8 Å². The molecule has 30 heavy (non-hydrogen) atoms. The van der Waals surface area contributed by atoms with E-state index in [1.807, 2.05) is 37.3 Å². The first-order valence-corrected chi connectivity index (χ1v) is 9.83. The molecule has 1 aromatic heterocycles. The maximum Gasteiger partial charge on any atom is 0.320 e. The summed E-state index contributed by atoms with van der Waals surface area (Å²) in [7, 11) is 0. The Bertz CT molecular complexity index is 886. The predicted molar refractivity (Wildman–Crippen MR) is 113 cm³/mol. The summed E-state index contributed by atoms with van der Waals surface area (Å²) < 4.78 is 10.5. The zero-order valence-electron chi connectivity index (χ0n) is 16.9. The zero-order valence-corrected chi connectivity index (χ0v) is 16.9. The van der Waals surface area contributed by atoms with E-state index in [4.69, 9.17) is 20.6 Å². The Labute approximate surface area is 175 Å². The number of carbonyl (C=O) groups excluding carboxylic acids is 1. The largest absolute Gasteiger partial charge is 0.475 e. The number of carbonyl (C=O) groups is 1. The van der Waals surface area contributed by atoms with E-state index in [0.717, 1.165) is 5.56 Å². The van der Waals surface area contributed by atoms with Crippen molar-refractivity contribution in [1.29, 1.82) is 5.41 Å². The van der Waals surface area contributed by atoms with Crippen LogP contribution in [0.3, 0.4) is 0 Å². The number of nitrogens with zero attached hydrogens (tertiary/aromatic N) is 1. The van der Waals surface area contributed by atoms with E-state index in [-0.39, 0.29) is 24.0 Å². The number of hydrogen-bond acceptors (Lipinski definition) is 7. The van der Waals surface area contributed by atoms with Crippen LogP contribution >= 0.6 is 0 Å². The fourth-order valence-corrected chi connectivity index (χ4v) is 3.03. The number of aliphatic hydroxyl groups is 1. The van der Waals surface area contributed by atoms with Crippen molar-refractivity contribution in [2.75, 3.05) is 30.9 Å². The lowest BCUT2D eigenvalue weighted by Gasteiger charge is -2.24. The van der Waals surface area contributed by atoms with E-state index < -0.39 is 17.7 Å². The van der Waals surface area contributed by atoms with Crippen LogP contribution in [0.25, 0.3) is 0 Å². The standard InChI is InChI=1S/C21H27N5O4/c1-2-29-10-11-30-19(23)15-13-24-17(12-16(15)22)25-20(27)26-18(21(28)8-9-21)14-6-4-3-5-7-14/h3-7,12-13,18,23,28H,2,8-11H2,1H3,(H4,22,24,25,26,27). The van der Waals surface area contributed by atoms with Gasteiger partial charge in [0.1, 0.15) is 12.4 Å². The normalized spacial score (nSPS) is 15.1. The minimum Gasteiger partial charge on any atom is -0.475 e. The third kappa shape index (κ3) is 5.46. The van der Waals surface area contributed by atoms with Crippen molar-refractivity contribution in [3.8, 4) is 0 Å². The minimum atomic E-state index is -0.942. The molecular formula is C21H27N5O4. The average molecular weight is 413 g/mol. The number of nitrogens with two attached hydrogens (primary N) is 1. The SMILES string of the molecule is CCOCCOC(=N)c1cnc(NC(=O)NC(c2ccccc2)C2(O)CC2)cc1N. The first kappa shape index (κ1) is 21.5. The lowest BCUT2D eigenvalue weighted by atomic mass is 10.00. The van der Waals surface area contributed by atoms with Gasteiger partial charge in [-0.05, 0) is 25.3 Å². The molecular weight excluding hydrogens is 386 g/mol. The third-order valence-electron chi connectivity index (χ3n) is 4.81. The molecule has 9 nitrogen and oxygen atoms in total. The highest BCUT2D eigenvalue weighted by Gasteiger charge is 2.49. The Morgan fingerprint density at radius 3 is 2.70 bits per heavy atom. The fraction of sp³-hybridized carbons (Fsp3) is 0.381. The van der Waals surface area contributed by atoms with E-state index in [1.54, 1.807) is 0 Å². The molecule has 2 aromatic rings. The van der Waals surface area contributed by atoms with Gasteiger partial charge in [-0.2, -0.15) is 0 Å². The van der Waals surface area contributed by atoms with Crippen LogP contribution < -0.4 is 16.4 Å². The maximum absolute atomic E-state index is 12.5. The number of anilines is 2. The van der Waals surface area contributed by atoms with Crippen LogP contribution in [0.5, 0.6) is 0 Å². The van der Waals surface area contributed by atoms with Crippen LogP contribution in [-0.2, 0) is 9.47 Å². The van der Waals surface area contributed by atoms with E-state index >= 15 is 0 Å². The number of pyridine rings is 1. The molecule has 1 fully saturated rings. The topological polar surface area (TPSA) is 143 Å². The molecule has 1 aromatic carbocycles. The van der Waals surface area contributed by atoms with Crippen LogP contribution in [0.1, 0.15) is 36.9 Å². The number of hydrogen-bond donors (Lipinski definition) is 5. The van der Waals surface area contributed by atoms with Crippen molar-refractivity contribution in [2.45, 2.75) is 31.4 Å². The molecule has 1 saturated carbocycles. The predicted octanol–water partition coefficient (Wildman–Crippen LogP) is 2.43. The molecule has 160 valence electrons. The lowest BCUT2D eigenvalue weighted by molar-refractivity contribution is 0.106. The summed E-state index contributed by atoms with van der Waals surface area (Å²) in [5.41, 5.74) is 6.46. The molecule has 3 rings (SSSR count). The first-order chi connectivity index (χ1) is 14.4. The summed E-state index contributed by atoms with van der Waals surface area (Å²) in [5.74, 6) is 0.112. The van der Waals surface area contributed by atoms with Gasteiger partial charge in [-0.15, -0.1) is 0 Å². The van der Waals surface area contributed by atoms with E-state index in [1.165, 1.54) is 12.3 Å². The average Bonchev–Trinajstić information content (AvgIpc) is 3.48. The summed E-state index contributed by atoms with van der Waals surface area (Å²) >= 11 is 0. The Morgan fingerprint density at radius 1 is 1.33 bits per heavy atom. The van der Waals surface area contributed by atoms with Crippen molar-refractivity contribution in [2.24, 2.45) is 0 Å². The molecule has 2 amide bonds. The highest BCUT2D eigenvalue weighted by molar-refractivity contribution is 5.97. The summed E-state index contributed by atoms with van der Waals surface area (Å²) in [6.45, 7) is 3.06. The summed E-state index contributed by atoms with van der Waals surface area (Å²) in [5, 5.41) is 24.0. The van der Waals surface area contributed by atoms with E-state index in [2.05, 4.69) is 15.6 Å². The summed E-state index contributed by atoms with van der Waals surface area (Å²) in [6.07, 6.45) is 2.62. The van der Waals surface area contributed by atoms with Gasteiger partial charge in [-0.3, -0.25) is 10.7 Å². The molecule has 9 heteroatoms. The number of ether oxygens (including phenoxy) is 2. The molecule has 0 saturated heterocycles. The highest BCUT2D eigenvalue weighted by Crippen LogP contribution is 2.45. The van der Waals surface area contributed by atoms with Gasteiger partial charge in [0.2, 0.25) is 5.90 Å². The number of urea groups is 1. The minimum absolute atomic E-state index is 0.115. The van der Waals surface area contributed by atoms with Gasteiger partial charge in [0.25, 0.3) is 0 Å². The second kappa shape index (κ2) is 9.55. The van der Waals surface area contributed by atoms with Crippen molar-refractivity contribution in [3.05, 3.63) is 53.7 Å². The van der Waals surface area contributed by atoms with Crippen molar-refractivity contribution < 1.29 is 19.4 Å². The molecule has 0 spiro atoms. The van der Waals surface area contributed by atoms with Gasteiger partial charge in [-0.25, -0.2) is 9.78 Å². The smallest absolute Gasteiger partial charge is 0.320 e. The van der Waals surface area contributed by atoms with Gasteiger partial charge in [-0.1, -0.05) is 30.3 Å². The number of nitrogens with one attached hydrogen (secondary N) is 3. The first-order valence-electron chi connectivity index (χ1n) is 9.83. The Balaban J connectivity index is 1.61. The molecule has 0 radical (unpaired) electrons. The number of benzene rings is 1. The Morgan fingerprint density at radius 2 is 2.07 bits per heavy atom. The lowest BCUT2D eigenvalue weighted by Crippen LogP contribution is -2.40. The molecule has 1 aliphatic rings. The zero-order chi connectivity index (χ0) is 21.6. The van der Waals surface area contributed by atoms with Gasteiger partial charge in [0, 0.05) is 24.6 Å². The second-order valence-electron chi connectivity index (χ2n) is 7.08. The van der Waals surface area contributed by atoms with Gasteiger partial charge >= 0.3 is 6.03 Å². The van der Waals surface area contributed by atoms with Crippen molar-refractivity contribution in [3.63, 3.8) is 0 Å². The summed E-state index contributed by atoms with van der Waals surface area (Å²) in [6, 6.07) is 9.75. The van der Waals surface area contributed by atoms with Gasteiger partial charge in [0.15, 0.2) is 0 Å². The maximum atomic E-state index is 12.5. The molecule has 1 aliphatic carbocycles. The fourth-order valence-electron chi connectivity index (χ4n) is 3.03. The van der Waals surface area contributed by atoms with Gasteiger partial charge < -0.3 is 25.6 Å². The molecule has 6 N–H and O–H groups in total. The second-order valence-corrected chi connectivity index (χ2v) is 7.08. The monoisotopic (exact) mass is 413 g/mol. The number of aromatic nitrogens is 1. The van der Waals surface area contributed by atoms with E-state index in [0.29, 0.717) is 31.6 Å². The Kier molecular flexibility index (Phi) is 6.86. The third-order valence-corrected chi connectivity index (χ3v) is 4.81. The number of rotatable bonds is 9. The van der Waals surface area contributed by atoms with E-state index in [9.17, 15) is 9.90 Å². The highest BCUT2D eigenvalue weighted by atomic mass is 16.5. The molecule has 1 heterocycles. The molecule has 1 unspecified atom stereocenters.